The molecule has 0 aromatic carbocycles. The Morgan fingerprint density at radius 1 is 1.19 bits per heavy atom. The normalized spacial score (nSPS) is 21.5. The van der Waals surface area contributed by atoms with Crippen molar-refractivity contribution in [1.29, 1.82) is 0 Å². The Labute approximate surface area is 94.2 Å². The van der Waals surface area contributed by atoms with Crippen molar-refractivity contribution in [2.75, 3.05) is 0 Å². The van der Waals surface area contributed by atoms with Crippen molar-refractivity contribution in [3.05, 3.63) is 22.1 Å². The van der Waals surface area contributed by atoms with Gasteiger partial charge in [-0.3, -0.25) is 9.59 Å². The van der Waals surface area contributed by atoms with Crippen molar-refractivity contribution in [1.82, 2.24) is 0 Å². The van der Waals surface area contributed by atoms with Crippen LogP contribution in [0.25, 0.3) is 10.4 Å². The molecule has 0 N–H and O–H groups in total. The molecule has 0 unspecified atom stereocenters. The lowest BCUT2D eigenvalue weighted by molar-refractivity contribution is -0.117. The summed E-state index contributed by atoms with van der Waals surface area (Å²) in [7, 11) is 0. The molecule has 0 fully saturated rings. The minimum Gasteiger partial charge on any atom is -0.295 e. The smallest absolute Gasteiger partial charge is 0.245 e. The number of carbonyl (C=O) groups excluding carboxylic acids is 2. The Kier molecular flexibility index (Phi) is 5.29. The summed E-state index contributed by atoms with van der Waals surface area (Å²) in [6, 6.07) is 0. The number of carbonyl (C=O) groups is 2. The predicted molar refractivity (Wildman–Crippen MR) is 59.6 cm³/mol. The largest absolute Gasteiger partial charge is 0.295 e. The molecule has 5 heteroatoms. The Balaban J connectivity index is 2.78. The van der Waals surface area contributed by atoms with E-state index >= 15 is 0 Å². The van der Waals surface area contributed by atoms with Crippen molar-refractivity contribution in [2.45, 2.75) is 44.9 Å². The van der Waals surface area contributed by atoms with Crippen LogP contribution in [0, 0.1) is 0 Å². The lowest BCUT2D eigenvalue weighted by atomic mass is 9.99. The minimum atomic E-state index is -0.614. The molecule has 0 aromatic rings. The number of rotatable bonds is 1. The van der Waals surface area contributed by atoms with Crippen LogP contribution in [0.2, 0.25) is 0 Å². The predicted octanol–water partition coefficient (Wildman–Crippen LogP) is 3.06. The average Bonchev–Trinajstić information content (AvgIpc) is 2.27. The van der Waals surface area contributed by atoms with Gasteiger partial charge in [0.1, 0.15) is 0 Å². The summed E-state index contributed by atoms with van der Waals surface area (Å²) in [5.74, 6) is -0.658. The van der Waals surface area contributed by atoms with Crippen molar-refractivity contribution in [2.24, 2.45) is 5.11 Å². The number of nitrogens with zero attached hydrogens (tertiary/aromatic N) is 3. The van der Waals surface area contributed by atoms with Gasteiger partial charge >= 0.3 is 0 Å². The van der Waals surface area contributed by atoms with Crippen LogP contribution in [-0.2, 0) is 9.59 Å². The zero-order chi connectivity index (χ0) is 11.8. The lowest BCUT2D eigenvalue weighted by Gasteiger charge is -2.06. The number of ketones is 1. The van der Waals surface area contributed by atoms with E-state index in [9.17, 15) is 9.59 Å². The molecule has 16 heavy (non-hydrogen) atoms. The van der Waals surface area contributed by atoms with E-state index in [0.29, 0.717) is 18.4 Å². The van der Waals surface area contributed by atoms with Crippen molar-refractivity contribution < 1.29 is 9.59 Å². The van der Waals surface area contributed by atoms with E-state index in [4.69, 9.17) is 5.53 Å². The van der Waals surface area contributed by atoms with E-state index in [2.05, 4.69) is 10.0 Å². The molecular formula is C11H15N3O2. The topological polar surface area (TPSA) is 82.9 Å². The van der Waals surface area contributed by atoms with Crippen LogP contribution < -0.4 is 0 Å². The Bertz CT molecular complexity index is 354. The first-order valence-electron chi connectivity index (χ1n) is 5.57. The van der Waals surface area contributed by atoms with Crippen LogP contribution in [0.5, 0.6) is 0 Å². The van der Waals surface area contributed by atoms with Crippen LogP contribution in [-0.4, -0.2) is 11.7 Å². The van der Waals surface area contributed by atoms with E-state index in [1.54, 1.807) is 0 Å². The molecule has 5 nitrogen and oxygen atoms in total. The van der Waals surface area contributed by atoms with Crippen LogP contribution in [0.1, 0.15) is 44.9 Å². The number of hydrogen-bond donors (Lipinski definition) is 0. The average molecular weight is 221 g/mol. The fourth-order valence-electron chi connectivity index (χ4n) is 1.76. The van der Waals surface area contributed by atoms with E-state index < -0.39 is 5.91 Å². The van der Waals surface area contributed by atoms with Crippen LogP contribution in [0.3, 0.4) is 0 Å². The van der Waals surface area contributed by atoms with Gasteiger partial charge in [-0.2, -0.15) is 0 Å². The van der Waals surface area contributed by atoms with Gasteiger partial charge in [-0.25, -0.2) is 0 Å². The zero-order valence-corrected chi connectivity index (χ0v) is 9.19. The third-order valence-corrected chi connectivity index (χ3v) is 2.61. The molecule has 0 aromatic heterocycles. The second-order valence-corrected chi connectivity index (χ2v) is 3.90. The van der Waals surface area contributed by atoms with E-state index in [1.807, 2.05) is 0 Å². The van der Waals surface area contributed by atoms with E-state index in [0.717, 1.165) is 32.1 Å². The summed E-state index contributed by atoms with van der Waals surface area (Å²) in [6.45, 7) is 0. The van der Waals surface area contributed by atoms with Gasteiger partial charge in [0.05, 0.1) is 0 Å². The van der Waals surface area contributed by atoms with Gasteiger partial charge in [0.25, 0.3) is 0 Å². The first-order valence-corrected chi connectivity index (χ1v) is 5.57. The molecule has 0 aliphatic heterocycles. The molecule has 0 bridgehead atoms. The fourth-order valence-corrected chi connectivity index (χ4v) is 1.76. The summed E-state index contributed by atoms with van der Waals surface area (Å²) >= 11 is 0. The lowest BCUT2D eigenvalue weighted by Crippen LogP contribution is -2.04. The van der Waals surface area contributed by atoms with Crippen molar-refractivity contribution in [3.8, 4) is 0 Å². The molecule has 0 atom stereocenters. The summed E-state index contributed by atoms with van der Waals surface area (Å²) in [5, 5.41) is 3.03. The highest BCUT2D eigenvalue weighted by molar-refractivity contribution is 6.02. The van der Waals surface area contributed by atoms with E-state index in [1.165, 1.54) is 6.08 Å². The maximum Gasteiger partial charge on any atom is 0.245 e. The standard InChI is InChI=1S/C11H15N3O2/c12-14-13-11(16)9-6-4-2-1-3-5-7-10(15)8-9/h8H,1-7H2/b9-8+. The monoisotopic (exact) mass is 221 g/mol. The van der Waals surface area contributed by atoms with Crippen molar-refractivity contribution in [3.63, 3.8) is 0 Å². The molecule has 1 amide bonds. The van der Waals surface area contributed by atoms with Gasteiger partial charge in [0.2, 0.25) is 5.91 Å². The van der Waals surface area contributed by atoms with Crippen LogP contribution >= 0.6 is 0 Å². The molecule has 0 spiro atoms. The third kappa shape index (κ3) is 4.28. The first-order chi connectivity index (χ1) is 7.74. The minimum absolute atomic E-state index is 0.0432. The highest BCUT2D eigenvalue weighted by Crippen LogP contribution is 2.16. The Hall–Kier alpha value is -1.61. The second-order valence-electron chi connectivity index (χ2n) is 3.90. The van der Waals surface area contributed by atoms with Gasteiger partial charge in [0.15, 0.2) is 5.78 Å². The molecule has 0 heterocycles. The molecule has 0 saturated heterocycles. The highest BCUT2D eigenvalue weighted by atomic mass is 16.2. The molecular weight excluding hydrogens is 206 g/mol. The first kappa shape index (κ1) is 12.5. The maximum absolute atomic E-state index is 11.5. The fraction of sp³-hybridized carbons (Fsp3) is 0.636. The number of hydrogen-bond acceptors (Lipinski definition) is 2. The number of allylic oxidation sites excluding steroid dienone is 1. The van der Waals surface area contributed by atoms with E-state index in [-0.39, 0.29) is 5.78 Å². The Morgan fingerprint density at radius 3 is 2.50 bits per heavy atom. The van der Waals surface area contributed by atoms with Gasteiger partial charge in [0, 0.05) is 16.9 Å². The number of azide groups is 1. The third-order valence-electron chi connectivity index (χ3n) is 2.61. The second kappa shape index (κ2) is 6.80. The van der Waals surface area contributed by atoms with Crippen LogP contribution in [0.15, 0.2) is 16.8 Å². The van der Waals surface area contributed by atoms with Crippen LogP contribution in [0.4, 0.5) is 0 Å². The zero-order valence-electron chi connectivity index (χ0n) is 9.19. The molecule has 1 aliphatic carbocycles. The SMILES string of the molecule is [N-]=[N+]=NC(=O)/C1=C/C(=O)CCCCCCC1. The van der Waals surface area contributed by atoms with Gasteiger partial charge in [-0.15, -0.1) is 0 Å². The maximum atomic E-state index is 11.5. The number of amides is 1. The quantitative estimate of drug-likeness (QED) is 0.387. The van der Waals surface area contributed by atoms with Gasteiger partial charge < -0.3 is 0 Å². The van der Waals surface area contributed by atoms with Gasteiger partial charge in [-0.05, 0) is 36.0 Å². The molecule has 0 saturated carbocycles. The molecule has 86 valence electrons. The molecule has 0 radical (unpaired) electrons. The van der Waals surface area contributed by atoms with Crippen molar-refractivity contribution >= 4 is 11.7 Å². The van der Waals surface area contributed by atoms with Gasteiger partial charge in [-0.1, -0.05) is 19.3 Å². The summed E-state index contributed by atoms with van der Waals surface area (Å²) in [4.78, 5) is 25.3. The molecule has 1 rings (SSSR count). The molecule has 1 aliphatic rings. The Morgan fingerprint density at radius 2 is 1.81 bits per heavy atom. The summed E-state index contributed by atoms with van der Waals surface area (Å²) < 4.78 is 0. The highest BCUT2D eigenvalue weighted by Gasteiger charge is 2.11. The summed E-state index contributed by atoms with van der Waals surface area (Å²) in [5.41, 5.74) is 8.54. The summed E-state index contributed by atoms with van der Waals surface area (Å²) in [6.07, 6.45) is 7.31.